The Morgan fingerprint density at radius 1 is 1.12 bits per heavy atom. The molecule has 0 aromatic rings. The SMILES string of the molecule is N#C[C@]12CC3=C(CCCC3)C[C@H]1CCCC2=O. The number of rotatable bonds is 0. The van der Waals surface area contributed by atoms with Gasteiger partial charge in [-0.15, -0.1) is 0 Å². The average Bonchev–Trinajstić information content (AvgIpc) is 2.37. The van der Waals surface area contributed by atoms with Gasteiger partial charge >= 0.3 is 0 Å². The molecule has 0 heterocycles. The molecule has 0 N–H and O–H groups in total. The van der Waals surface area contributed by atoms with Gasteiger partial charge in [0.2, 0.25) is 0 Å². The lowest BCUT2D eigenvalue weighted by atomic mass is 9.57. The molecule has 1 saturated carbocycles. The summed E-state index contributed by atoms with van der Waals surface area (Å²) in [4.78, 5) is 12.2. The largest absolute Gasteiger partial charge is 0.298 e. The van der Waals surface area contributed by atoms with E-state index in [2.05, 4.69) is 6.07 Å². The molecule has 0 aromatic carbocycles. The normalized spacial score (nSPS) is 37.1. The van der Waals surface area contributed by atoms with Crippen molar-refractivity contribution in [2.75, 3.05) is 0 Å². The van der Waals surface area contributed by atoms with Crippen LogP contribution >= 0.6 is 0 Å². The summed E-state index contributed by atoms with van der Waals surface area (Å²) >= 11 is 0. The first-order valence-electron chi connectivity index (χ1n) is 6.90. The Hall–Kier alpha value is -1.10. The summed E-state index contributed by atoms with van der Waals surface area (Å²) in [5.74, 6) is 0.555. The molecular weight excluding hydrogens is 210 g/mol. The van der Waals surface area contributed by atoms with Crippen LogP contribution in [0, 0.1) is 22.7 Å². The second-order valence-corrected chi connectivity index (χ2v) is 5.89. The fourth-order valence-corrected chi connectivity index (χ4v) is 4.04. The number of ketones is 1. The van der Waals surface area contributed by atoms with Gasteiger partial charge in [0.1, 0.15) is 5.41 Å². The number of hydrogen-bond donors (Lipinski definition) is 0. The van der Waals surface area contributed by atoms with Crippen LogP contribution in [0.2, 0.25) is 0 Å². The van der Waals surface area contributed by atoms with Crippen LogP contribution in [0.1, 0.15) is 57.8 Å². The predicted octanol–water partition coefficient (Wildman–Crippen LogP) is 3.53. The Morgan fingerprint density at radius 2 is 1.88 bits per heavy atom. The van der Waals surface area contributed by atoms with Gasteiger partial charge in [-0.1, -0.05) is 11.1 Å². The van der Waals surface area contributed by atoms with Crippen LogP contribution in [0.25, 0.3) is 0 Å². The molecule has 2 atom stereocenters. The van der Waals surface area contributed by atoms with Crippen LogP contribution in [0.15, 0.2) is 11.1 Å². The second kappa shape index (κ2) is 3.98. The first kappa shape index (κ1) is 11.0. The minimum Gasteiger partial charge on any atom is -0.298 e. The van der Waals surface area contributed by atoms with Gasteiger partial charge in [-0.2, -0.15) is 5.26 Å². The van der Waals surface area contributed by atoms with Crippen molar-refractivity contribution in [3.63, 3.8) is 0 Å². The minimum absolute atomic E-state index is 0.230. The van der Waals surface area contributed by atoms with Crippen molar-refractivity contribution < 1.29 is 4.79 Å². The molecule has 90 valence electrons. The van der Waals surface area contributed by atoms with Gasteiger partial charge in [-0.3, -0.25) is 4.79 Å². The molecule has 0 aromatic heterocycles. The molecule has 0 unspecified atom stereocenters. The molecule has 3 aliphatic carbocycles. The van der Waals surface area contributed by atoms with Crippen LogP contribution in [-0.4, -0.2) is 5.78 Å². The van der Waals surface area contributed by atoms with Crippen LogP contribution < -0.4 is 0 Å². The van der Waals surface area contributed by atoms with Crippen molar-refractivity contribution in [3.05, 3.63) is 11.1 Å². The smallest absolute Gasteiger partial charge is 0.153 e. The van der Waals surface area contributed by atoms with Crippen molar-refractivity contribution in [1.82, 2.24) is 0 Å². The van der Waals surface area contributed by atoms with Gasteiger partial charge in [0.15, 0.2) is 5.78 Å². The Balaban J connectivity index is 1.99. The maximum atomic E-state index is 12.2. The zero-order valence-corrected chi connectivity index (χ0v) is 10.3. The highest BCUT2D eigenvalue weighted by Gasteiger charge is 2.50. The number of allylic oxidation sites excluding steroid dienone is 2. The third-order valence-electron chi connectivity index (χ3n) is 5.04. The average molecular weight is 229 g/mol. The van der Waals surface area contributed by atoms with E-state index in [0.29, 0.717) is 12.3 Å². The maximum Gasteiger partial charge on any atom is 0.153 e. The van der Waals surface area contributed by atoms with Gasteiger partial charge < -0.3 is 0 Å². The van der Waals surface area contributed by atoms with Crippen molar-refractivity contribution in [2.24, 2.45) is 11.3 Å². The number of Topliss-reactive ketones (excluding diaryl/α,β-unsaturated/α-hetero) is 1. The van der Waals surface area contributed by atoms with Gasteiger partial charge in [0.25, 0.3) is 0 Å². The van der Waals surface area contributed by atoms with Crippen molar-refractivity contribution in [3.8, 4) is 6.07 Å². The van der Waals surface area contributed by atoms with Gasteiger partial charge in [0.05, 0.1) is 6.07 Å². The molecule has 2 heteroatoms. The fourth-order valence-electron chi connectivity index (χ4n) is 4.04. The van der Waals surface area contributed by atoms with Crippen molar-refractivity contribution >= 4 is 5.78 Å². The van der Waals surface area contributed by atoms with Crippen LogP contribution in [0.3, 0.4) is 0 Å². The third kappa shape index (κ3) is 1.56. The monoisotopic (exact) mass is 229 g/mol. The molecule has 0 bridgehead atoms. The van der Waals surface area contributed by atoms with Gasteiger partial charge in [-0.25, -0.2) is 0 Å². The molecule has 2 nitrogen and oxygen atoms in total. The van der Waals surface area contributed by atoms with Crippen LogP contribution in [0.5, 0.6) is 0 Å². The molecular formula is C15H19NO. The number of carbonyl (C=O) groups is 1. The molecule has 0 aliphatic heterocycles. The van der Waals surface area contributed by atoms with E-state index in [4.69, 9.17) is 0 Å². The lowest BCUT2D eigenvalue weighted by molar-refractivity contribution is -0.131. The molecule has 3 aliphatic rings. The van der Waals surface area contributed by atoms with E-state index in [9.17, 15) is 10.1 Å². The van der Waals surface area contributed by atoms with Crippen LogP contribution in [0.4, 0.5) is 0 Å². The quantitative estimate of drug-likeness (QED) is 0.596. The van der Waals surface area contributed by atoms with E-state index in [1.807, 2.05) is 0 Å². The van der Waals surface area contributed by atoms with E-state index in [1.165, 1.54) is 24.8 Å². The number of fused-ring (bicyclic) bond motifs is 1. The topological polar surface area (TPSA) is 40.9 Å². The van der Waals surface area contributed by atoms with Crippen LogP contribution in [-0.2, 0) is 4.79 Å². The molecule has 3 rings (SSSR count). The summed E-state index contributed by atoms with van der Waals surface area (Å²) in [5, 5.41) is 9.54. The van der Waals surface area contributed by atoms with Crippen molar-refractivity contribution in [1.29, 1.82) is 5.26 Å². The predicted molar refractivity (Wildman–Crippen MR) is 65.1 cm³/mol. The van der Waals surface area contributed by atoms with Crippen molar-refractivity contribution in [2.45, 2.75) is 57.8 Å². The highest BCUT2D eigenvalue weighted by molar-refractivity contribution is 5.89. The second-order valence-electron chi connectivity index (χ2n) is 5.89. The molecule has 17 heavy (non-hydrogen) atoms. The van der Waals surface area contributed by atoms with Gasteiger partial charge in [0, 0.05) is 6.42 Å². The summed E-state index contributed by atoms with van der Waals surface area (Å²) < 4.78 is 0. The van der Waals surface area contributed by atoms with Gasteiger partial charge in [-0.05, 0) is 57.3 Å². The number of nitriles is 1. The summed E-state index contributed by atoms with van der Waals surface area (Å²) in [6.07, 6.45) is 9.42. The number of hydrogen-bond acceptors (Lipinski definition) is 2. The third-order valence-corrected chi connectivity index (χ3v) is 5.04. The highest BCUT2D eigenvalue weighted by atomic mass is 16.1. The lowest BCUT2D eigenvalue weighted by Gasteiger charge is -2.44. The summed E-state index contributed by atoms with van der Waals surface area (Å²) in [5.41, 5.74) is 2.43. The number of nitrogens with zero attached hydrogens (tertiary/aromatic N) is 1. The molecule has 0 amide bonds. The lowest BCUT2D eigenvalue weighted by Crippen LogP contribution is -2.44. The maximum absolute atomic E-state index is 12.2. The Kier molecular flexibility index (Phi) is 2.58. The Bertz CT molecular complexity index is 429. The number of carbonyl (C=O) groups excluding carboxylic acids is 1. The standard InChI is InChI=1S/C15H19NO/c16-10-15-9-12-5-2-1-4-11(12)8-13(15)6-3-7-14(15)17/h13H,1-9H2/t13-,15-/m1/s1. The fraction of sp³-hybridized carbons (Fsp3) is 0.733. The van der Waals surface area contributed by atoms with E-state index < -0.39 is 5.41 Å². The molecule has 0 spiro atoms. The molecule has 0 saturated heterocycles. The van der Waals surface area contributed by atoms with E-state index >= 15 is 0 Å². The zero-order chi connectivity index (χ0) is 11.9. The summed E-state index contributed by atoms with van der Waals surface area (Å²) in [6.45, 7) is 0. The van der Waals surface area contributed by atoms with E-state index in [1.54, 1.807) is 5.57 Å². The highest BCUT2D eigenvalue weighted by Crippen LogP contribution is 2.52. The first-order chi connectivity index (χ1) is 8.26. The minimum atomic E-state index is -0.631. The van der Waals surface area contributed by atoms with E-state index in [-0.39, 0.29) is 5.78 Å². The Labute approximate surface area is 103 Å². The summed E-state index contributed by atoms with van der Waals surface area (Å²) in [6, 6.07) is 2.42. The Morgan fingerprint density at radius 3 is 2.65 bits per heavy atom. The molecule has 0 radical (unpaired) electrons. The zero-order valence-electron chi connectivity index (χ0n) is 10.3. The molecule has 1 fully saturated rings. The van der Waals surface area contributed by atoms with E-state index in [0.717, 1.165) is 32.1 Å². The first-order valence-corrected chi connectivity index (χ1v) is 6.90. The summed E-state index contributed by atoms with van der Waals surface area (Å²) in [7, 11) is 0.